The minimum absolute atomic E-state index is 0.0528. The van der Waals surface area contributed by atoms with Gasteiger partial charge in [-0.05, 0) is 31.0 Å². The standard InChI is InChI=1S/C17H16F3N3O4/c1-2-8-26-13-6-5-10(9-11(13)17(18,19)20)14-21-15(27-22-14)12-4-3-7-23(12)16(24)25/h2,5-6,9,12H,1,3-4,7-8H2,(H,24,25)/t12-/m0/s1. The molecule has 0 bridgehead atoms. The van der Waals surface area contributed by atoms with Crippen LogP contribution in [0.5, 0.6) is 5.75 Å². The fourth-order valence-corrected chi connectivity index (χ4v) is 2.91. The summed E-state index contributed by atoms with van der Waals surface area (Å²) in [5, 5.41) is 12.9. The predicted molar refractivity (Wildman–Crippen MR) is 87.1 cm³/mol. The van der Waals surface area contributed by atoms with Crippen LogP contribution >= 0.6 is 0 Å². The number of benzene rings is 1. The number of likely N-dealkylation sites (tertiary alicyclic amines) is 1. The Labute approximate surface area is 152 Å². The minimum atomic E-state index is -4.63. The highest BCUT2D eigenvalue weighted by molar-refractivity contribution is 5.66. The number of rotatable bonds is 5. The molecular weight excluding hydrogens is 367 g/mol. The second-order valence-corrected chi connectivity index (χ2v) is 5.90. The number of amides is 1. The van der Waals surface area contributed by atoms with Gasteiger partial charge in [0.2, 0.25) is 11.7 Å². The van der Waals surface area contributed by atoms with Gasteiger partial charge in [0.1, 0.15) is 18.4 Å². The fourth-order valence-electron chi connectivity index (χ4n) is 2.91. The first kappa shape index (κ1) is 18.7. The summed E-state index contributed by atoms with van der Waals surface area (Å²) in [6, 6.07) is 2.83. The smallest absolute Gasteiger partial charge is 0.419 e. The molecule has 3 rings (SSSR count). The molecule has 0 radical (unpaired) electrons. The Balaban J connectivity index is 1.92. The molecular formula is C17H16F3N3O4. The summed E-state index contributed by atoms with van der Waals surface area (Å²) in [4.78, 5) is 16.5. The Morgan fingerprint density at radius 1 is 1.48 bits per heavy atom. The number of hydrogen-bond donors (Lipinski definition) is 1. The van der Waals surface area contributed by atoms with Crippen LogP contribution in [0.15, 0.2) is 35.4 Å². The summed E-state index contributed by atoms with van der Waals surface area (Å²) in [5.41, 5.74) is -0.885. The van der Waals surface area contributed by atoms with Gasteiger partial charge in [-0.3, -0.25) is 4.90 Å². The Bertz CT molecular complexity index is 850. The topological polar surface area (TPSA) is 88.7 Å². The lowest BCUT2D eigenvalue weighted by Crippen LogP contribution is -2.28. The van der Waals surface area contributed by atoms with Crippen LogP contribution in [0.2, 0.25) is 0 Å². The summed E-state index contributed by atoms with van der Waals surface area (Å²) in [7, 11) is 0. The normalized spacial score (nSPS) is 17.1. The maximum atomic E-state index is 13.3. The first-order valence-electron chi connectivity index (χ1n) is 8.09. The van der Waals surface area contributed by atoms with Crippen molar-refractivity contribution in [1.29, 1.82) is 0 Å². The van der Waals surface area contributed by atoms with Crippen LogP contribution in [0.25, 0.3) is 11.4 Å². The van der Waals surface area contributed by atoms with E-state index in [1.807, 2.05) is 0 Å². The van der Waals surface area contributed by atoms with Gasteiger partial charge in [-0.1, -0.05) is 17.8 Å². The van der Waals surface area contributed by atoms with Crippen LogP contribution in [0.1, 0.15) is 30.3 Å². The average molecular weight is 383 g/mol. The maximum Gasteiger partial charge on any atom is 0.419 e. The molecule has 27 heavy (non-hydrogen) atoms. The zero-order valence-corrected chi connectivity index (χ0v) is 14.1. The van der Waals surface area contributed by atoms with Gasteiger partial charge in [-0.15, -0.1) is 0 Å². The molecule has 0 unspecified atom stereocenters. The van der Waals surface area contributed by atoms with Crippen LogP contribution in [0.4, 0.5) is 18.0 Å². The van der Waals surface area contributed by atoms with E-state index >= 15 is 0 Å². The quantitative estimate of drug-likeness (QED) is 0.781. The van der Waals surface area contributed by atoms with E-state index in [1.165, 1.54) is 23.1 Å². The second kappa shape index (κ2) is 7.29. The van der Waals surface area contributed by atoms with E-state index < -0.39 is 23.9 Å². The molecule has 10 heteroatoms. The molecule has 1 N–H and O–H groups in total. The number of nitrogens with zero attached hydrogens (tertiary/aromatic N) is 3. The highest BCUT2D eigenvalue weighted by atomic mass is 19.4. The molecule has 1 aromatic heterocycles. The van der Waals surface area contributed by atoms with Gasteiger partial charge in [0.25, 0.3) is 0 Å². The van der Waals surface area contributed by atoms with Gasteiger partial charge in [-0.2, -0.15) is 18.2 Å². The molecule has 1 saturated heterocycles. The second-order valence-electron chi connectivity index (χ2n) is 5.90. The van der Waals surface area contributed by atoms with Gasteiger partial charge in [0.15, 0.2) is 0 Å². The third kappa shape index (κ3) is 3.88. The number of aromatic nitrogens is 2. The van der Waals surface area contributed by atoms with Crippen molar-refractivity contribution in [2.24, 2.45) is 0 Å². The average Bonchev–Trinajstić information content (AvgIpc) is 3.27. The Morgan fingerprint density at radius 3 is 2.93 bits per heavy atom. The number of halogens is 3. The van der Waals surface area contributed by atoms with Crippen LogP contribution in [-0.2, 0) is 6.18 Å². The number of hydrogen-bond acceptors (Lipinski definition) is 5. The van der Waals surface area contributed by atoms with Crippen molar-refractivity contribution in [3.63, 3.8) is 0 Å². The van der Waals surface area contributed by atoms with E-state index in [1.54, 1.807) is 0 Å². The molecule has 0 spiro atoms. The van der Waals surface area contributed by atoms with Crippen LogP contribution in [-0.4, -0.2) is 39.4 Å². The third-order valence-corrected chi connectivity index (χ3v) is 4.13. The fraction of sp³-hybridized carbons (Fsp3) is 0.353. The molecule has 1 aliphatic rings. The van der Waals surface area contributed by atoms with E-state index in [-0.39, 0.29) is 29.6 Å². The highest BCUT2D eigenvalue weighted by Gasteiger charge is 2.36. The van der Waals surface area contributed by atoms with E-state index in [4.69, 9.17) is 9.26 Å². The van der Waals surface area contributed by atoms with Gasteiger partial charge in [0, 0.05) is 12.1 Å². The molecule has 144 valence electrons. The maximum absolute atomic E-state index is 13.3. The summed E-state index contributed by atoms with van der Waals surface area (Å²) in [6.45, 7) is 3.68. The summed E-state index contributed by atoms with van der Waals surface area (Å²) < 4.78 is 50.1. The molecule has 1 amide bonds. The van der Waals surface area contributed by atoms with Gasteiger partial charge in [-0.25, -0.2) is 4.79 Å². The largest absolute Gasteiger partial charge is 0.489 e. The van der Waals surface area contributed by atoms with Gasteiger partial charge >= 0.3 is 12.3 Å². The zero-order valence-electron chi connectivity index (χ0n) is 14.1. The number of ether oxygens (including phenoxy) is 1. The van der Waals surface area contributed by atoms with E-state index in [2.05, 4.69) is 16.7 Å². The van der Waals surface area contributed by atoms with Crippen molar-refractivity contribution in [2.45, 2.75) is 25.1 Å². The number of carboxylic acid groups (broad SMARTS) is 1. The number of alkyl halides is 3. The number of carbonyl (C=O) groups is 1. The van der Waals surface area contributed by atoms with Crippen molar-refractivity contribution in [1.82, 2.24) is 15.0 Å². The SMILES string of the molecule is C=CCOc1ccc(-c2noc([C@@H]3CCCN3C(=O)O)n2)cc1C(F)(F)F. The monoisotopic (exact) mass is 383 g/mol. The predicted octanol–water partition coefficient (Wildman–Crippen LogP) is 4.14. The van der Waals surface area contributed by atoms with Gasteiger partial charge in [0.05, 0.1) is 5.56 Å². The summed E-state index contributed by atoms with van der Waals surface area (Å²) in [6.07, 6.45) is -3.25. The molecule has 7 nitrogen and oxygen atoms in total. The zero-order chi connectivity index (χ0) is 19.6. The molecule has 1 aliphatic heterocycles. The molecule has 1 atom stereocenters. The van der Waals surface area contributed by atoms with Gasteiger partial charge < -0.3 is 14.4 Å². The lowest BCUT2D eigenvalue weighted by Gasteiger charge is -2.17. The molecule has 1 aromatic carbocycles. The molecule has 2 aromatic rings. The molecule has 1 fully saturated rings. The van der Waals surface area contributed by atoms with Crippen LogP contribution in [0.3, 0.4) is 0 Å². The van der Waals surface area contributed by atoms with Crippen LogP contribution < -0.4 is 4.74 Å². The van der Waals surface area contributed by atoms with Crippen molar-refractivity contribution < 1.29 is 32.3 Å². The molecule has 2 heterocycles. The Hall–Kier alpha value is -3.04. The van der Waals surface area contributed by atoms with Crippen molar-refractivity contribution in [2.75, 3.05) is 13.2 Å². The molecule has 0 aliphatic carbocycles. The lowest BCUT2D eigenvalue weighted by atomic mass is 10.1. The summed E-state index contributed by atoms with van der Waals surface area (Å²) >= 11 is 0. The highest BCUT2D eigenvalue weighted by Crippen LogP contribution is 2.39. The summed E-state index contributed by atoms with van der Waals surface area (Å²) in [5.74, 6) is -0.323. The third-order valence-electron chi connectivity index (χ3n) is 4.13. The van der Waals surface area contributed by atoms with E-state index in [9.17, 15) is 23.1 Å². The van der Waals surface area contributed by atoms with E-state index in [0.29, 0.717) is 19.4 Å². The molecule has 0 saturated carbocycles. The van der Waals surface area contributed by atoms with E-state index in [0.717, 1.165) is 6.07 Å². The Morgan fingerprint density at radius 2 is 2.26 bits per heavy atom. The van der Waals surface area contributed by atoms with Crippen LogP contribution in [0, 0.1) is 0 Å². The minimum Gasteiger partial charge on any atom is -0.489 e. The first-order valence-corrected chi connectivity index (χ1v) is 8.09. The first-order chi connectivity index (χ1) is 12.8. The van der Waals surface area contributed by atoms with Crippen molar-refractivity contribution in [3.05, 3.63) is 42.3 Å². The van der Waals surface area contributed by atoms with Crippen molar-refractivity contribution >= 4 is 6.09 Å². The lowest BCUT2D eigenvalue weighted by molar-refractivity contribution is -0.138. The van der Waals surface area contributed by atoms with Crippen molar-refractivity contribution in [3.8, 4) is 17.1 Å². The Kier molecular flexibility index (Phi) is 5.06.